The second-order valence-corrected chi connectivity index (χ2v) is 26.8. The predicted octanol–water partition coefficient (Wildman–Crippen LogP) is 6.29. The van der Waals surface area contributed by atoms with E-state index in [1.54, 1.807) is 0 Å². The van der Waals surface area contributed by atoms with Gasteiger partial charge in [-0.05, 0) is 68.2 Å². The van der Waals surface area contributed by atoms with E-state index in [2.05, 4.69) is 137 Å². The van der Waals surface area contributed by atoms with Gasteiger partial charge in [-0.1, -0.05) is 103 Å². The zero-order valence-corrected chi connectivity index (χ0v) is 28.8. The molecule has 210 valence electrons. The maximum absolute atomic E-state index is 7.38. The molecule has 0 saturated carbocycles. The van der Waals surface area contributed by atoms with Crippen molar-refractivity contribution in [3.63, 3.8) is 0 Å². The number of ether oxygens (including phenoxy) is 1. The maximum Gasteiger partial charge on any atom is 0.470 e. The average molecular weight is 595 g/mol. The smallest absolute Gasteiger partial charge is 0.412 e. The second kappa shape index (κ2) is 13.6. The molecular formula is C31H46O4Si4. The van der Waals surface area contributed by atoms with E-state index in [9.17, 15) is 0 Å². The Morgan fingerprint density at radius 3 is 1.23 bits per heavy atom. The molecule has 0 amide bonds. The highest BCUT2D eigenvalue weighted by molar-refractivity contribution is 6.98. The first-order valence-corrected chi connectivity index (χ1v) is 24.5. The van der Waals surface area contributed by atoms with Crippen molar-refractivity contribution in [1.29, 1.82) is 0 Å². The Bertz CT molecular complexity index is 1040. The average Bonchev–Trinajstić information content (AvgIpc) is 2.89. The highest BCUT2D eigenvalue weighted by Crippen LogP contribution is 2.30. The van der Waals surface area contributed by atoms with Crippen molar-refractivity contribution in [1.82, 2.24) is 0 Å². The van der Waals surface area contributed by atoms with Gasteiger partial charge in [0.15, 0.2) is 0 Å². The first-order valence-electron chi connectivity index (χ1n) is 13.8. The van der Waals surface area contributed by atoms with Crippen molar-refractivity contribution >= 4 is 49.3 Å². The molecule has 0 unspecified atom stereocenters. The molecule has 8 heteroatoms. The fraction of sp³-hybridized carbons (Fsp3) is 0.355. The fourth-order valence-corrected chi connectivity index (χ4v) is 21.9. The lowest BCUT2D eigenvalue weighted by molar-refractivity contribution is 0.151. The number of hydrogen-bond acceptors (Lipinski definition) is 4. The fourth-order valence-electron chi connectivity index (χ4n) is 4.71. The van der Waals surface area contributed by atoms with Crippen molar-refractivity contribution in [3.8, 4) is 0 Å². The van der Waals surface area contributed by atoms with Crippen LogP contribution in [0.1, 0.15) is 13.3 Å². The molecule has 0 fully saturated rings. The monoisotopic (exact) mass is 594 g/mol. The summed E-state index contributed by atoms with van der Waals surface area (Å²) in [6.07, 6.45) is 0.803. The summed E-state index contributed by atoms with van der Waals surface area (Å²) < 4.78 is 28.1. The molecule has 0 aromatic heterocycles. The molecule has 0 aliphatic rings. The van der Waals surface area contributed by atoms with Crippen molar-refractivity contribution in [2.75, 3.05) is 13.2 Å². The number of benzene rings is 3. The third-order valence-electron chi connectivity index (χ3n) is 6.76. The molecule has 3 aromatic rings. The van der Waals surface area contributed by atoms with Gasteiger partial charge in [0.05, 0.1) is 6.61 Å². The van der Waals surface area contributed by atoms with E-state index in [-0.39, 0.29) is 0 Å². The van der Waals surface area contributed by atoms with Gasteiger partial charge in [-0.15, -0.1) is 0 Å². The Labute approximate surface area is 240 Å². The standard InChI is InChI=1S/C31H46O4Si4/c1-28(2)27-32-25-18-26-39(33-36(3,4)29-19-12-9-13-20-29,34-37(5,6)30-21-14-10-15-22-30)35-38(7,8)31-23-16-11-17-24-31/h9-17,19-24H,1,18,25-27H2,2-8H3. The van der Waals surface area contributed by atoms with Crippen molar-refractivity contribution in [2.24, 2.45) is 0 Å². The molecule has 0 spiro atoms. The van der Waals surface area contributed by atoms with E-state index in [1.165, 1.54) is 15.6 Å². The lowest BCUT2D eigenvalue weighted by Crippen LogP contribution is -2.67. The minimum absolute atomic E-state index is 0.565. The lowest BCUT2D eigenvalue weighted by atomic mass is 10.4. The minimum Gasteiger partial charge on any atom is -0.412 e. The molecule has 0 aliphatic carbocycles. The molecule has 3 aromatic carbocycles. The van der Waals surface area contributed by atoms with Crippen LogP contribution in [-0.2, 0) is 17.1 Å². The van der Waals surface area contributed by atoms with Gasteiger partial charge in [-0.2, -0.15) is 0 Å². The van der Waals surface area contributed by atoms with Crippen molar-refractivity contribution in [3.05, 3.63) is 103 Å². The van der Waals surface area contributed by atoms with E-state index in [4.69, 9.17) is 17.1 Å². The summed E-state index contributed by atoms with van der Waals surface area (Å²) in [6.45, 7) is 20.7. The van der Waals surface area contributed by atoms with Crippen LogP contribution in [0, 0.1) is 0 Å². The van der Waals surface area contributed by atoms with Crippen LogP contribution in [-0.4, -0.2) is 47.0 Å². The zero-order valence-electron chi connectivity index (χ0n) is 24.8. The molecular weight excluding hydrogens is 549 g/mol. The molecule has 0 radical (unpaired) electrons. The highest BCUT2D eigenvalue weighted by Gasteiger charge is 2.53. The van der Waals surface area contributed by atoms with Gasteiger partial charge in [-0.25, -0.2) is 0 Å². The molecule has 0 bridgehead atoms. The highest BCUT2D eigenvalue weighted by atomic mass is 28.5. The molecule has 0 heterocycles. The Morgan fingerprint density at radius 2 is 0.923 bits per heavy atom. The molecule has 0 aliphatic heterocycles. The van der Waals surface area contributed by atoms with Gasteiger partial charge in [0, 0.05) is 12.7 Å². The Balaban J connectivity index is 2.06. The predicted molar refractivity (Wildman–Crippen MR) is 175 cm³/mol. The molecule has 0 N–H and O–H groups in total. The van der Waals surface area contributed by atoms with Crippen molar-refractivity contribution < 1.29 is 17.1 Å². The van der Waals surface area contributed by atoms with Crippen molar-refractivity contribution in [2.45, 2.75) is 58.7 Å². The van der Waals surface area contributed by atoms with Gasteiger partial charge in [-0.3, -0.25) is 0 Å². The van der Waals surface area contributed by atoms with Gasteiger partial charge in [0.2, 0.25) is 25.0 Å². The molecule has 0 saturated heterocycles. The Morgan fingerprint density at radius 1 is 0.590 bits per heavy atom. The minimum atomic E-state index is -3.24. The van der Waals surface area contributed by atoms with Crippen LogP contribution in [0.5, 0.6) is 0 Å². The molecule has 3 rings (SSSR count). The summed E-state index contributed by atoms with van der Waals surface area (Å²) in [5, 5.41) is 3.72. The van der Waals surface area contributed by atoms with Crippen LogP contribution < -0.4 is 15.6 Å². The summed E-state index contributed by atoms with van der Waals surface area (Å²) in [5.74, 6) is 0. The summed E-state index contributed by atoms with van der Waals surface area (Å²) in [4.78, 5) is 0. The van der Waals surface area contributed by atoms with Crippen LogP contribution >= 0.6 is 0 Å². The van der Waals surface area contributed by atoms with E-state index in [0.29, 0.717) is 19.3 Å². The Kier molecular flexibility index (Phi) is 11.1. The largest absolute Gasteiger partial charge is 0.470 e. The summed E-state index contributed by atoms with van der Waals surface area (Å²) in [5.41, 5.74) is 1.02. The van der Waals surface area contributed by atoms with E-state index < -0.39 is 33.8 Å². The van der Waals surface area contributed by atoms with Gasteiger partial charge in [0.25, 0.3) is 0 Å². The van der Waals surface area contributed by atoms with Gasteiger partial charge in [0.1, 0.15) is 0 Å². The number of rotatable bonds is 15. The second-order valence-electron chi connectivity index (χ2n) is 11.7. The van der Waals surface area contributed by atoms with E-state index in [0.717, 1.165) is 12.0 Å². The summed E-state index contributed by atoms with van der Waals surface area (Å²) >= 11 is 0. The number of hydrogen-bond donors (Lipinski definition) is 0. The van der Waals surface area contributed by atoms with Crippen LogP contribution in [0.2, 0.25) is 45.3 Å². The van der Waals surface area contributed by atoms with E-state index >= 15 is 0 Å². The quantitative estimate of drug-likeness (QED) is 0.118. The molecule has 0 atom stereocenters. The maximum atomic E-state index is 7.38. The van der Waals surface area contributed by atoms with Crippen LogP contribution in [0.15, 0.2) is 103 Å². The zero-order chi connectivity index (χ0) is 28.6. The van der Waals surface area contributed by atoms with Gasteiger partial charge >= 0.3 is 8.80 Å². The van der Waals surface area contributed by atoms with Gasteiger partial charge < -0.3 is 17.1 Å². The lowest BCUT2D eigenvalue weighted by Gasteiger charge is -2.45. The first kappa shape index (κ1) is 31.6. The SMILES string of the molecule is C=C(C)COCCC[Si](O[Si](C)(C)c1ccccc1)(O[Si](C)(C)c1ccccc1)O[Si](C)(C)c1ccccc1. The topological polar surface area (TPSA) is 36.9 Å². The summed E-state index contributed by atoms with van der Waals surface area (Å²) in [7, 11) is -10.4. The molecule has 39 heavy (non-hydrogen) atoms. The normalized spacial score (nSPS) is 12.9. The summed E-state index contributed by atoms with van der Waals surface area (Å²) in [6, 6.07) is 32.5. The Hall–Kier alpha value is -1.89. The van der Waals surface area contributed by atoms with Crippen LogP contribution in [0.3, 0.4) is 0 Å². The van der Waals surface area contributed by atoms with E-state index in [1.807, 2.05) is 6.92 Å². The van der Waals surface area contributed by atoms with Crippen LogP contribution in [0.4, 0.5) is 0 Å². The van der Waals surface area contributed by atoms with Crippen LogP contribution in [0.25, 0.3) is 0 Å². The third-order valence-corrected chi connectivity index (χ3v) is 22.8. The third kappa shape index (κ3) is 9.33. The first-order chi connectivity index (χ1) is 18.4. The molecule has 4 nitrogen and oxygen atoms in total.